The number of benzene rings is 2. The van der Waals surface area contributed by atoms with Crippen molar-refractivity contribution in [2.45, 2.75) is 25.4 Å². The van der Waals surface area contributed by atoms with Gasteiger partial charge in [-0.2, -0.15) is 17.5 Å². The number of aryl methyl sites for hydroxylation is 1. The Labute approximate surface area is 155 Å². The van der Waals surface area contributed by atoms with Crippen LogP contribution in [0.3, 0.4) is 0 Å². The van der Waals surface area contributed by atoms with Gasteiger partial charge in [-0.05, 0) is 75.2 Å². The van der Waals surface area contributed by atoms with Crippen LogP contribution in [0.4, 0.5) is 13.2 Å². The van der Waals surface area contributed by atoms with Gasteiger partial charge in [0, 0.05) is 10.9 Å². The molecule has 0 aliphatic heterocycles. The summed E-state index contributed by atoms with van der Waals surface area (Å²) in [4.78, 5) is 2.18. The number of alkyl halides is 3. The monoisotopic (exact) mass is 378 g/mol. The first-order valence-corrected chi connectivity index (χ1v) is 9.32. The molecule has 138 valence electrons. The molecule has 0 unspecified atom stereocenters. The Balaban J connectivity index is 1.77. The third kappa shape index (κ3) is 4.43. The van der Waals surface area contributed by atoms with Crippen molar-refractivity contribution in [1.29, 1.82) is 0 Å². The summed E-state index contributed by atoms with van der Waals surface area (Å²) in [6, 6.07) is 11.5. The first kappa shape index (κ1) is 18.9. The summed E-state index contributed by atoms with van der Waals surface area (Å²) in [6.45, 7) is 1.08. The summed E-state index contributed by atoms with van der Waals surface area (Å²) in [6.07, 6.45) is -1.000. The van der Waals surface area contributed by atoms with Crippen LogP contribution in [0.1, 0.15) is 24.0 Å². The van der Waals surface area contributed by atoms with E-state index in [2.05, 4.69) is 35.5 Å². The lowest BCUT2D eigenvalue weighted by atomic mass is 10.0. The molecule has 0 amide bonds. The van der Waals surface area contributed by atoms with Crippen LogP contribution < -0.4 is 0 Å². The van der Waals surface area contributed by atoms with E-state index >= 15 is 0 Å². The molecular weight excluding hydrogens is 357 g/mol. The molecule has 0 aliphatic carbocycles. The van der Waals surface area contributed by atoms with Gasteiger partial charge in [0.15, 0.2) is 0 Å². The third-order valence-corrected chi connectivity index (χ3v) is 5.15. The predicted octanol–water partition coefficient (Wildman–Crippen LogP) is 5.87. The molecule has 0 saturated carbocycles. The van der Waals surface area contributed by atoms with Crippen molar-refractivity contribution in [3.8, 4) is 11.3 Å². The van der Waals surface area contributed by atoms with E-state index in [0.29, 0.717) is 5.56 Å². The largest absolute Gasteiger partial charge is 0.416 e. The Morgan fingerprint density at radius 1 is 1.00 bits per heavy atom. The molecule has 6 heteroatoms. The topological polar surface area (TPSA) is 16.1 Å². The summed E-state index contributed by atoms with van der Waals surface area (Å²) in [5, 5.41) is 0.992. The van der Waals surface area contributed by atoms with Gasteiger partial charge in [-0.15, -0.1) is 0 Å². The average molecular weight is 378 g/mol. The van der Waals surface area contributed by atoms with Gasteiger partial charge in [0.05, 0.1) is 16.0 Å². The molecule has 1 heterocycles. The minimum absolute atomic E-state index is 0.638. The van der Waals surface area contributed by atoms with Gasteiger partial charge < -0.3 is 4.90 Å². The first-order valence-electron chi connectivity index (χ1n) is 8.55. The number of halogens is 3. The van der Waals surface area contributed by atoms with Crippen molar-refractivity contribution in [2.24, 2.45) is 0 Å². The molecule has 26 heavy (non-hydrogen) atoms. The van der Waals surface area contributed by atoms with E-state index in [4.69, 9.17) is 0 Å². The van der Waals surface area contributed by atoms with Gasteiger partial charge in [-0.1, -0.05) is 24.3 Å². The maximum Gasteiger partial charge on any atom is 0.416 e. The molecule has 1 aromatic heterocycles. The Morgan fingerprint density at radius 2 is 1.73 bits per heavy atom. The molecule has 0 bridgehead atoms. The van der Waals surface area contributed by atoms with E-state index in [1.807, 2.05) is 6.07 Å². The second kappa shape index (κ2) is 7.76. The van der Waals surface area contributed by atoms with Gasteiger partial charge in [-0.3, -0.25) is 0 Å². The second-order valence-corrected chi connectivity index (χ2v) is 7.50. The summed E-state index contributed by atoms with van der Waals surface area (Å²) >= 11 is 1.40. The van der Waals surface area contributed by atoms with Crippen LogP contribution in [0.25, 0.3) is 21.3 Å². The van der Waals surface area contributed by atoms with Gasteiger partial charge in [0.1, 0.15) is 0 Å². The van der Waals surface area contributed by atoms with Crippen molar-refractivity contribution in [1.82, 2.24) is 9.27 Å². The molecule has 3 rings (SSSR count). The number of aromatic nitrogens is 1. The van der Waals surface area contributed by atoms with Crippen molar-refractivity contribution < 1.29 is 13.2 Å². The molecule has 0 atom stereocenters. The lowest BCUT2D eigenvalue weighted by Crippen LogP contribution is -2.12. The number of rotatable bonds is 6. The lowest BCUT2D eigenvalue weighted by Gasteiger charge is -2.09. The summed E-state index contributed by atoms with van der Waals surface area (Å²) in [7, 11) is 4.15. The summed E-state index contributed by atoms with van der Waals surface area (Å²) in [5.41, 5.74) is 2.10. The van der Waals surface area contributed by atoms with Crippen LogP contribution in [0, 0.1) is 0 Å². The maximum absolute atomic E-state index is 12.7. The van der Waals surface area contributed by atoms with Gasteiger partial charge in [0.2, 0.25) is 0 Å². The van der Waals surface area contributed by atoms with Crippen molar-refractivity contribution in [3.63, 3.8) is 0 Å². The van der Waals surface area contributed by atoms with Crippen LogP contribution in [0.5, 0.6) is 0 Å². The number of hydrogen-bond donors (Lipinski definition) is 0. The van der Waals surface area contributed by atoms with E-state index < -0.39 is 11.7 Å². The van der Waals surface area contributed by atoms with Crippen LogP contribution in [-0.2, 0) is 12.6 Å². The Morgan fingerprint density at radius 3 is 2.38 bits per heavy atom. The highest BCUT2D eigenvalue weighted by Gasteiger charge is 2.30. The maximum atomic E-state index is 12.7. The Bertz CT molecular complexity index is 867. The summed E-state index contributed by atoms with van der Waals surface area (Å²) < 4.78 is 43.7. The Hall–Kier alpha value is -1.92. The summed E-state index contributed by atoms with van der Waals surface area (Å²) in [5.74, 6) is 0. The molecule has 0 radical (unpaired) electrons. The molecule has 0 N–H and O–H groups in total. The molecular formula is C20H21F3N2S. The van der Waals surface area contributed by atoms with E-state index in [1.54, 1.807) is 0 Å². The molecule has 0 spiro atoms. The SMILES string of the molecule is CN(C)CCCCc1ccc2c(-c3ccc(C(F)(F)F)cc3)nsc2c1. The highest BCUT2D eigenvalue weighted by molar-refractivity contribution is 7.13. The van der Waals surface area contributed by atoms with E-state index in [1.165, 1.54) is 29.2 Å². The van der Waals surface area contributed by atoms with E-state index in [9.17, 15) is 13.2 Å². The molecule has 2 nitrogen and oxygen atoms in total. The highest BCUT2D eigenvalue weighted by Crippen LogP contribution is 2.34. The first-order chi connectivity index (χ1) is 12.3. The van der Waals surface area contributed by atoms with Crippen molar-refractivity contribution in [3.05, 3.63) is 53.6 Å². The van der Waals surface area contributed by atoms with Crippen molar-refractivity contribution in [2.75, 3.05) is 20.6 Å². The minimum Gasteiger partial charge on any atom is -0.309 e. The minimum atomic E-state index is -4.32. The van der Waals surface area contributed by atoms with Gasteiger partial charge in [0.25, 0.3) is 0 Å². The number of unbranched alkanes of at least 4 members (excludes halogenated alkanes) is 1. The van der Waals surface area contributed by atoms with Crippen LogP contribution >= 0.6 is 11.5 Å². The zero-order chi connectivity index (χ0) is 18.7. The third-order valence-electron chi connectivity index (χ3n) is 4.34. The normalized spacial score (nSPS) is 12.2. The lowest BCUT2D eigenvalue weighted by molar-refractivity contribution is -0.137. The molecule has 0 fully saturated rings. The molecule has 0 saturated heterocycles. The van der Waals surface area contributed by atoms with Gasteiger partial charge in [-0.25, -0.2) is 0 Å². The second-order valence-electron chi connectivity index (χ2n) is 6.70. The molecule has 2 aromatic carbocycles. The zero-order valence-electron chi connectivity index (χ0n) is 14.8. The fraction of sp³-hybridized carbons (Fsp3) is 0.350. The Kier molecular flexibility index (Phi) is 5.63. The fourth-order valence-corrected chi connectivity index (χ4v) is 3.78. The smallest absolute Gasteiger partial charge is 0.309 e. The number of fused-ring (bicyclic) bond motifs is 1. The van der Waals surface area contributed by atoms with E-state index in [-0.39, 0.29) is 0 Å². The van der Waals surface area contributed by atoms with Crippen molar-refractivity contribution >= 4 is 21.6 Å². The highest BCUT2D eigenvalue weighted by atomic mass is 32.1. The van der Waals surface area contributed by atoms with Crippen LogP contribution in [-0.4, -0.2) is 29.9 Å². The molecule has 3 aromatic rings. The standard InChI is InChI=1S/C20H21F3N2S/c1-25(2)12-4-3-5-14-6-11-17-18(13-14)26-24-19(17)15-7-9-16(10-8-15)20(21,22)23/h6-11,13H,3-5,12H2,1-2H3. The van der Waals surface area contributed by atoms with Crippen LogP contribution in [0.15, 0.2) is 42.5 Å². The molecule has 0 aliphatic rings. The quantitative estimate of drug-likeness (QED) is 0.499. The number of hydrogen-bond acceptors (Lipinski definition) is 3. The predicted molar refractivity (Wildman–Crippen MR) is 102 cm³/mol. The zero-order valence-corrected chi connectivity index (χ0v) is 15.6. The van der Waals surface area contributed by atoms with E-state index in [0.717, 1.165) is 53.7 Å². The van der Waals surface area contributed by atoms with Crippen LogP contribution in [0.2, 0.25) is 0 Å². The fourth-order valence-electron chi connectivity index (χ4n) is 2.92. The van der Waals surface area contributed by atoms with Gasteiger partial charge >= 0.3 is 6.18 Å². The number of nitrogens with zero attached hydrogens (tertiary/aromatic N) is 2. The average Bonchev–Trinajstić information content (AvgIpc) is 3.01.